The van der Waals surface area contributed by atoms with Crippen LogP contribution in [0, 0.1) is 0 Å². The highest BCUT2D eigenvalue weighted by Crippen LogP contribution is 2.30. The Morgan fingerprint density at radius 2 is 1.95 bits per heavy atom. The van der Waals surface area contributed by atoms with Gasteiger partial charge in [0, 0.05) is 12.3 Å². The lowest BCUT2D eigenvalue weighted by atomic mass is 10.3. The number of halogens is 5. The summed E-state index contributed by atoms with van der Waals surface area (Å²) in [5, 5.41) is 12.1. The maximum atomic E-state index is 12.6. The van der Waals surface area contributed by atoms with Gasteiger partial charge in [-0.25, -0.2) is 14.5 Å². The van der Waals surface area contributed by atoms with Gasteiger partial charge in [0.1, 0.15) is 0 Å². The van der Waals surface area contributed by atoms with E-state index in [9.17, 15) is 18.0 Å². The molecule has 0 aliphatic carbocycles. The minimum absolute atomic E-state index is 0.128. The molecule has 0 saturated carbocycles. The highest BCUT2D eigenvalue weighted by molar-refractivity contribution is 6.35. The first kappa shape index (κ1) is 14.6. The van der Waals surface area contributed by atoms with Gasteiger partial charge in [-0.15, -0.1) is 0 Å². The van der Waals surface area contributed by atoms with Crippen molar-refractivity contribution in [1.82, 2.24) is 14.8 Å². The molecule has 2 aromatic rings. The summed E-state index contributed by atoms with van der Waals surface area (Å²) in [6.45, 7) is 0. The fourth-order valence-electron chi connectivity index (χ4n) is 1.40. The van der Waals surface area contributed by atoms with Gasteiger partial charge in [0.15, 0.2) is 17.2 Å². The second-order valence-electron chi connectivity index (χ2n) is 3.59. The lowest BCUT2D eigenvalue weighted by molar-refractivity contribution is -0.141. The topological polar surface area (TPSA) is 68.0 Å². The van der Waals surface area contributed by atoms with Crippen molar-refractivity contribution in [3.63, 3.8) is 0 Å². The van der Waals surface area contributed by atoms with Gasteiger partial charge in [-0.2, -0.15) is 18.3 Å². The maximum Gasteiger partial charge on any atom is 0.435 e. The van der Waals surface area contributed by atoms with Crippen molar-refractivity contribution >= 4 is 29.2 Å². The highest BCUT2D eigenvalue weighted by atomic mass is 35.5. The molecule has 0 unspecified atom stereocenters. The van der Waals surface area contributed by atoms with Gasteiger partial charge < -0.3 is 5.11 Å². The second-order valence-corrected chi connectivity index (χ2v) is 4.43. The Morgan fingerprint density at radius 3 is 2.45 bits per heavy atom. The van der Waals surface area contributed by atoms with Crippen molar-refractivity contribution in [2.75, 3.05) is 0 Å². The molecule has 2 rings (SSSR count). The molecule has 0 aromatic carbocycles. The van der Waals surface area contributed by atoms with E-state index in [2.05, 4.69) is 10.1 Å². The van der Waals surface area contributed by atoms with Crippen LogP contribution in [0.2, 0.25) is 10.0 Å². The molecule has 0 bridgehead atoms. The lowest BCUT2D eigenvalue weighted by Gasteiger charge is -2.06. The largest absolute Gasteiger partial charge is 0.477 e. The predicted molar refractivity (Wildman–Crippen MR) is 63.3 cm³/mol. The van der Waals surface area contributed by atoms with Gasteiger partial charge in [0.2, 0.25) is 0 Å². The number of carboxylic acid groups (broad SMARTS) is 1. The third-order valence-electron chi connectivity index (χ3n) is 2.21. The van der Waals surface area contributed by atoms with E-state index >= 15 is 0 Å². The Morgan fingerprint density at radius 1 is 1.30 bits per heavy atom. The Kier molecular flexibility index (Phi) is 3.61. The monoisotopic (exact) mass is 325 g/mol. The standard InChI is InChI=1S/C10H4Cl2F3N3O2/c11-4-1-5(12)8(16-3-4)18-6(9(19)20)2-7(17-18)10(13,14)15/h1-3H,(H,19,20). The third-order valence-corrected chi connectivity index (χ3v) is 2.69. The average molecular weight is 326 g/mol. The van der Waals surface area contributed by atoms with Crippen molar-refractivity contribution in [2.24, 2.45) is 0 Å². The second kappa shape index (κ2) is 4.95. The van der Waals surface area contributed by atoms with Crippen LogP contribution in [0.3, 0.4) is 0 Å². The Hall–Kier alpha value is -1.80. The molecule has 20 heavy (non-hydrogen) atoms. The van der Waals surface area contributed by atoms with E-state index in [-0.39, 0.29) is 15.9 Å². The lowest BCUT2D eigenvalue weighted by Crippen LogP contribution is -2.11. The molecule has 0 aliphatic rings. The van der Waals surface area contributed by atoms with E-state index in [4.69, 9.17) is 28.3 Å². The number of alkyl halides is 3. The van der Waals surface area contributed by atoms with Crippen LogP contribution in [0.1, 0.15) is 16.2 Å². The van der Waals surface area contributed by atoms with E-state index in [0.29, 0.717) is 10.7 Å². The predicted octanol–water partition coefficient (Wildman–Crippen LogP) is 3.29. The molecule has 106 valence electrons. The molecule has 0 spiro atoms. The van der Waals surface area contributed by atoms with Gasteiger partial charge in [0.25, 0.3) is 0 Å². The third kappa shape index (κ3) is 2.70. The number of carbonyl (C=O) groups is 1. The van der Waals surface area contributed by atoms with Crippen LogP contribution in [0.15, 0.2) is 18.3 Å². The van der Waals surface area contributed by atoms with Gasteiger partial charge >= 0.3 is 12.1 Å². The quantitative estimate of drug-likeness (QED) is 0.919. The molecule has 10 heteroatoms. The number of carboxylic acids is 1. The first-order valence-corrected chi connectivity index (χ1v) is 5.67. The number of hydrogen-bond donors (Lipinski definition) is 1. The summed E-state index contributed by atoms with van der Waals surface area (Å²) < 4.78 is 38.2. The molecule has 0 amide bonds. The minimum atomic E-state index is -4.78. The summed E-state index contributed by atoms with van der Waals surface area (Å²) in [5.41, 5.74) is -2.07. The molecule has 0 radical (unpaired) electrons. The summed E-state index contributed by atoms with van der Waals surface area (Å²) in [6, 6.07) is 1.61. The summed E-state index contributed by atoms with van der Waals surface area (Å²) in [6.07, 6.45) is -3.67. The Bertz CT molecular complexity index is 685. The van der Waals surface area contributed by atoms with E-state index in [1.165, 1.54) is 6.07 Å². The zero-order valence-electron chi connectivity index (χ0n) is 9.32. The van der Waals surface area contributed by atoms with Crippen molar-refractivity contribution in [2.45, 2.75) is 6.18 Å². The van der Waals surface area contributed by atoms with Gasteiger partial charge in [-0.1, -0.05) is 23.2 Å². The highest BCUT2D eigenvalue weighted by Gasteiger charge is 2.36. The van der Waals surface area contributed by atoms with E-state index in [0.717, 1.165) is 6.20 Å². The number of pyridine rings is 1. The Labute approximate surface area is 119 Å². The smallest absolute Gasteiger partial charge is 0.435 e. The Balaban J connectivity index is 2.66. The van der Waals surface area contributed by atoms with Crippen molar-refractivity contribution in [1.29, 1.82) is 0 Å². The fourth-order valence-corrected chi connectivity index (χ4v) is 1.86. The minimum Gasteiger partial charge on any atom is -0.477 e. The molecule has 0 atom stereocenters. The van der Waals surface area contributed by atoms with Crippen LogP contribution in [0.5, 0.6) is 0 Å². The van der Waals surface area contributed by atoms with Crippen LogP contribution < -0.4 is 0 Å². The van der Waals surface area contributed by atoms with Gasteiger partial charge in [-0.05, 0) is 6.07 Å². The molecule has 0 fully saturated rings. The summed E-state index contributed by atoms with van der Waals surface area (Å²) in [7, 11) is 0. The van der Waals surface area contributed by atoms with Crippen molar-refractivity contribution in [3.8, 4) is 5.82 Å². The fraction of sp³-hybridized carbons (Fsp3) is 0.100. The van der Waals surface area contributed by atoms with Crippen LogP contribution >= 0.6 is 23.2 Å². The average Bonchev–Trinajstić information content (AvgIpc) is 2.73. The molecular formula is C10H4Cl2F3N3O2. The number of aromatic nitrogens is 3. The van der Waals surface area contributed by atoms with Gasteiger partial charge in [0.05, 0.1) is 10.0 Å². The SMILES string of the molecule is O=C(O)c1cc(C(F)(F)F)nn1-c1ncc(Cl)cc1Cl. The number of hydrogen-bond acceptors (Lipinski definition) is 3. The van der Waals surface area contributed by atoms with E-state index in [1.54, 1.807) is 0 Å². The number of nitrogens with zero attached hydrogens (tertiary/aromatic N) is 3. The van der Waals surface area contributed by atoms with Gasteiger partial charge in [-0.3, -0.25) is 0 Å². The van der Waals surface area contributed by atoms with Crippen LogP contribution in [-0.4, -0.2) is 25.8 Å². The molecule has 0 saturated heterocycles. The molecular weight excluding hydrogens is 322 g/mol. The molecule has 5 nitrogen and oxygen atoms in total. The first-order valence-electron chi connectivity index (χ1n) is 4.92. The summed E-state index contributed by atoms with van der Waals surface area (Å²) >= 11 is 11.4. The molecule has 0 aliphatic heterocycles. The first-order chi connectivity index (χ1) is 9.20. The zero-order chi connectivity index (χ0) is 15.1. The van der Waals surface area contributed by atoms with Crippen LogP contribution in [-0.2, 0) is 6.18 Å². The van der Waals surface area contributed by atoms with E-state index in [1.807, 2.05) is 0 Å². The molecule has 2 aromatic heterocycles. The molecule has 2 heterocycles. The normalized spacial score (nSPS) is 11.7. The number of aromatic carboxylic acids is 1. The van der Waals surface area contributed by atoms with E-state index < -0.39 is 23.5 Å². The molecule has 1 N–H and O–H groups in total. The van der Waals surface area contributed by atoms with Crippen LogP contribution in [0.25, 0.3) is 5.82 Å². The van der Waals surface area contributed by atoms with Crippen molar-refractivity contribution in [3.05, 3.63) is 39.8 Å². The zero-order valence-corrected chi connectivity index (χ0v) is 10.8. The number of rotatable bonds is 2. The van der Waals surface area contributed by atoms with Crippen molar-refractivity contribution < 1.29 is 23.1 Å². The summed E-state index contributed by atoms with van der Waals surface area (Å²) in [5.74, 6) is -1.86. The summed E-state index contributed by atoms with van der Waals surface area (Å²) in [4.78, 5) is 14.7. The maximum absolute atomic E-state index is 12.6. The van der Waals surface area contributed by atoms with Crippen LogP contribution in [0.4, 0.5) is 13.2 Å².